The molecule has 2 amide bonds. The van der Waals surface area contributed by atoms with Crippen molar-refractivity contribution in [3.63, 3.8) is 0 Å². The fraction of sp³-hybridized carbons (Fsp3) is 0.240. The summed E-state index contributed by atoms with van der Waals surface area (Å²) in [5.74, 6) is 0.0934. The van der Waals surface area contributed by atoms with E-state index in [1.165, 1.54) is 24.8 Å². The van der Waals surface area contributed by atoms with Crippen LogP contribution in [0.25, 0.3) is 17.0 Å². The molecule has 1 atom stereocenters. The molecule has 2 heterocycles. The van der Waals surface area contributed by atoms with E-state index in [1.807, 2.05) is 31.2 Å². The van der Waals surface area contributed by atoms with Crippen molar-refractivity contribution in [1.82, 2.24) is 20.4 Å². The van der Waals surface area contributed by atoms with Crippen LogP contribution in [0, 0.1) is 5.82 Å². The molecule has 33 heavy (non-hydrogen) atoms. The number of methoxy groups -OCH3 is 1. The standard InChI is InChI=1S/C25H25FN4O3/c1-5-13-30-15(3)21(22(27-25(30)31)17-9-7-16(6-2)8-10-17)24-28-23(29-33-24)18-11-12-20(32-4)19(26)14-18/h5,7-12,14,22H,1,6,13H2,2-4H3,(H,27,31). The van der Waals surface area contributed by atoms with Gasteiger partial charge in [0.15, 0.2) is 11.6 Å². The number of ether oxygens (including phenoxy) is 1. The molecule has 0 radical (unpaired) electrons. The van der Waals surface area contributed by atoms with Crippen LogP contribution in [-0.4, -0.2) is 34.7 Å². The molecule has 3 aromatic rings. The monoisotopic (exact) mass is 448 g/mol. The number of carbonyl (C=O) groups is 1. The van der Waals surface area contributed by atoms with Gasteiger partial charge in [0.1, 0.15) is 0 Å². The number of allylic oxidation sites excluding steroid dienone is 1. The number of hydrogen-bond donors (Lipinski definition) is 1. The first-order chi connectivity index (χ1) is 16.0. The highest BCUT2D eigenvalue weighted by Crippen LogP contribution is 2.37. The molecule has 0 saturated heterocycles. The summed E-state index contributed by atoms with van der Waals surface area (Å²) in [6, 6.07) is 11.8. The van der Waals surface area contributed by atoms with Gasteiger partial charge in [-0.1, -0.05) is 42.4 Å². The van der Waals surface area contributed by atoms with Crippen molar-refractivity contribution in [3.05, 3.63) is 83.7 Å². The van der Waals surface area contributed by atoms with E-state index >= 15 is 0 Å². The molecule has 0 spiro atoms. The summed E-state index contributed by atoms with van der Waals surface area (Å²) in [5, 5.41) is 7.09. The largest absolute Gasteiger partial charge is 0.494 e. The highest BCUT2D eigenvalue weighted by molar-refractivity contribution is 5.87. The van der Waals surface area contributed by atoms with E-state index in [-0.39, 0.29) is 23.5 Å². The Labute approximate surface area is 191 Å². The molecule has 1 aliphatic rings. The Morgan fingerprint density at radius 1 is 1.27 bits per heavy atom. The number of carbonyl (C=O) groups excluding carboxylic acids is 1. The van der Waals surface area contributed by atoms with Gasteiger partial charge < -0.3 is 14.6 Å². The number of benzene rings is 2. The molecule has 1 N–H and O–H groups in total. The maximum absolute atomic E-state index is 14.2. The Morgan fingerprint density at radius 3 is 2.67 bits per heavy atom. The first-order valence-electron chi connectivity index (χ1n) is 10.6. The Morgan fingerprint density at radius 2 is 2.03 bits per heavy atom. The third-order valence-corrected chi connectivity index (χ3v) is 5.70. The van der Waals surface area contributed by atoms with E-state index in [0.717, 1.165) is 12.0 Å². The van der Waals surface area contributed by atoms with Gasteiger partial charge in [0.2, 0.25) is 5.82 Å². The van der Waals surface area contributed by atoms with Crippen LogP contribution in [0.2, 0.25) is 0 Å². The maximum Gasteiger partial charge on any atom is 0.322 e. The number of rotatable bonds is 7. The predicted octanol–water partition coefficient (Wildman–Crippen LogP) is 5.13. The number of amides is 2. The van der Waals surface area contributed by atoms with Gasteiger partial charge in [-0.05, 0) is 42.7 Å². The molecule has 0 bridgehead atoms. The highest BCUT2D eigenvalue weighted by Gasteiger charge is 2.35. The summed E-state index contributed by atoms with van der Waals surface area (Å²) < 4.78 is 24.8. The molecule has 0 saturated carbocycles. The number of nitrogens with one attached hydrogen (secondary N) is 1. The van der Waals surface area contributed by atoms with Crippen molar-refractivity contribution in [2.24, 2.45) is 0 Å². The molecule has 4 rings (SSSR count). The van der Waals surface area contributed by atoms with E-state index < -0.39 is 11.9 Å². The Kier molecular flexibility index (Phi) is 6.26. The summed E-state index contributed by atoms with van der Waals surface area (Å²) >= 11 is 0. The van der Waals surface area contributed by atoms with Crippen LogP contribution in [0.15, 0.2) is 65.3 Å². The fourth-order valence-corrected chi connectivity index (χ4v) is 3.86. The van der Waals surface area contributed by atoms with Crippen molar-refractivity contribution in [2.75, 3.05) is 13.7 Å². The normalized spacial score (nSPS) is 16.1. The van der Waals surface area contributed by atoms with Crippen molar-refractivity contribution in [2.45, 2.75) is 26.3 Å². The number of aromatic nitrogens is 2. The molecule has 1 aliphatic heterocycles. The van der Waals surface area contributed by atoms with Crippen LogP contribution in [0.5, 0.6) is 5.75 Å². The number of hydrogen-bond acceptors (Lipinski definition) is 5. The zero-order valence-electron chi connectivity index (χ0n) is 18.8. The third kappa shape index (κ3) is 4.24. The molecule has 0 fully saturated rings. The van der Waals surface area contributed by atoms with Crippen LogP contribution in [0.1, 0.15) is 36.9 Å². The number of aryl methyl sites for hydroxylation is 1. The van der Waals surface area contributed by atoms with Gasteiger partial charge in [-0.15, -0.1) is 6.58 Å². The molecular weight excluding hydrogens is 423 g/mol. The quantitative estimate of drug-likeness (QED) is 0.507. The molecule has 8 heteroatoms. The van der Waals surface area contributed by atoms with Crippen LogP contribution in [-0.2, 0) is 6.42 Å². The molecule has 170 valence electrons. The van der Waals surface area contributed by atoms with Crippen molar-refractivity contribution in [3.8, 4) is 17.1 Å². The lowest BCUT2D eigenvalue weighted by Crippen LogP contribution is -2.46. The smallest absolute Gasteiger partial charge is 0.322 e. The topological polar surface area (TPSA) is 80.5 Å². The minimum atomic E-state index is -0.521. The van der Waals surface area contributed by atoms with E-state index in [2.05, 4.69) is 29.0 Å². The third-order valence-electron chi connectivity index (χ3n) is 5.70. The average Bonchev–Trinajstić information content (AvgIpc) is 3.31. The Bertz CT molecular complexity index is 1220. The van der Waals surface area contributed by atoms with E-state index in [4.69, 9.17) is 9.26 Å². The summed E-state index contributed by atoms with van der Waals surface area (Å²) in [4.78, 5) is 18.9. The molecule has 7 nitrogen and oxygen atoms in total. The zero-order chi connectivity index (χ0) is 23.5. The summed E-state index contributed by atoms with van der Waals surface area (Å²) in [5.41, 5.74) is 3.89. The average molecular weight is 448 g/mol. The molecule has 2 aromatic carbocycles. The van der Waals surface area contributed by atoms with Crippen LogP contribution in [0.3, 0.4) is 0 Å². The van der Waals surface area contributed by atoms with Crippen LogP contribution >= 0.6 is 0 Å². The van der Waals surface area contributed by atoms with Gasteiger partial charge in [0.05, 0.1) is 18.7 Å². The SMILES string of the molecule is C=CCN1C(=O)NC(c2ccc(CC)cc2)C(c2nc(-c3ccc(OC)c(F)c3)no2)=C1C. The van der Waals surface area contributed by atoms with E-state index in [1.54, 1.807) is 17.0 Å². The van der Waals surface area contributed by atoms with Crippen molar-refractivity contribution >= 4 is 11.6 Å². The second kappa shape index (κ2) is 9.28. The first-order valence-corrected chi connectivity index (χ1v) is 10.6. The zero-order valence-corrected chi connectivity index (χ0v) is 18.8. The second-order valence-corrected chi connectivity index (χ2v) is 7.65. The number of urea groups is 1. The van der Waals surface area contributed by atoms with Gasteiger partial charge in [0.25, 0.3) is 5.89 Å². The van der Waals surface area contributed by atoms with Gasteiger partial charge >= 0.3 is 6.03 Å². The highest BCUT2D eigenvalue weighted by atomic mass is 19.1. The second-order valence-electron chi connectivity index (χ2n) is 7.65. The van der Waals surface area contributed by atoms with E-state index in [9.17, 15) is 9.18 Å². The minimum absolute atomic E-state index is 0.131. The molecule has 1 unspecified atom stereocenters. The lowest BCUT2D eigenvalue weighted by atomic mass is 9.93. The van der Waals surface area contributed by atoms with Crippen molar-refractivity contribution < 1.29 is 18.4 Å². The summed E-state index contributed by atoms with van der Waals surface area (Å²) in [6.07, 6.45) is 2.56. The van der Waals surface area contributed by atoms with Gasteiger partial charge in [-0.25, -0.2) is 9.18 Å². The lowest BCUT2D eigenvalue weighted by molar-refractivity contribution is 0.209. The van der Waals surface area contributed by atoms with E-state index in [0.29, 0.717) is 23.4 Å². The fourth-order valence-electron chi connectivity index (χ4n) is 3.86. The minimum Gasteiger partial charge on any atom is -0.494 e. The Balaban J connectivity index is 1.79. The molecule has 0 aliphatic carbocycles. The number of halogens is 1. The maximum atomic E-state index is 14.2. The van der Waals surface area contributed by atoms with Crippen LogP contribution < -0.4 is 10.1 Å². The van der Waals surface area contributed by atoms with Gasteiger partial charge in [-0.2, -0.15) is 4.98 Å². The Hall–Kier alpha value is -3.94. The van der Waals surface area contributed by atoms with Crippen LogP contribution in [0.4, 0.5) is 9.18 Å². The van der Waals surface area contributed by atoms with Gasteiger partial charge in [-0.3, -0.25) is 4.90 Å². The van der Waals surface area contributed by atoms with Gasteiger partial charge in [0, 0.05) is 17.8 Å². The first kappa shape index (κ1) is 22.3. The predicted molar refractivity (Wildman–Crippen MR) is 123 cm³/mol. The lowest BCUT2D eigenvalue weighted by Gasteiger charge is -2.34. The number of nitrogens with zero attached hydrogens (tertiary/aromatic N) is 3. The molecular formula is C25H25FN4O3. The molecule has 1 aromatic heterocycles. The summed E-state index contributed by atoms with van der Waals surface area (Å²) in [6.45, 7) is 7.99. The van der Waals surface area contributed by atoms with Crippen molar-refractivity contribution in [1.29, 1.82) is 0 Å². The summed E-state index contributed by atoms with van der Waals surface area (Å²) in [7, 11) is 1.40.